The first kappa shape index (κ1) is 5.96. The molecule has 0 heterocycles. The highest BCUT2D eigenvalue weighted by Crippen LogP contribution is 1.63. The van der Waals surface area contributed by atoms with Crippen LogP contribution in [0.25, 0.3) is 0 Å². The van der Waals surface area contributed by atoms with Crippen molar-refractivity contribution in [1.29, 1.82) is 5.26 Å². The lowest BCUT2D eigenvalue weighted by molar-refractivity contribution is 0.344. The van der Waals surface area contributed by atoms with Gasteiger partial charge in [-0.15, -0.1) is 4.99 Å². The summed E-state index contributed by atoms with van der Waals surface area (Å²) in [5, 5.41) is 7.76. The second-order valence-corrected chi connectivity index (χ2v) is 0.790. The summed E-state index contributed by atoms with van der Waals surface area (Å²) in [6, 6.07) is 0. The van der Waals surface area contributed by atoms with E-state index in [2.05, 4.69) is 9.73 Å². The number of aliphatic imine (C=N–C) groups is 1. The minimum Gasteiger partial charge on any atom is -0.483 e. The molecule has 0 radical (unpaired) electrons. The molecule has 0 aliphatic rings. The van der Waals surface area contributed by atoms with Gasteiger partial charge in [0.15, 0.2) is 6.40 Å². The van der Waals surface area contributed by atoms with Gasteiger partial charge in [-0.1, -0.05) is 0 Å². The van der Waals surface area contributed by atoms with E-state index in [9.17, 15) is 0 Å². The Morgan fingerprint density at radius 3 is 3.14 bits per heavy atom. The molecule has 0 spiro atoms. The molecule has 0 N–H and O–H groups in total. The van der Waals surface area contributed by atoms with Crippen molar-refractivity contribution in [2.24, 2.45) is 4.99 Å². The molecule has 7 heavy (non-hydrogen) atoms. The maximum Gasteiger partial charge on any atom is 0.208 e. The highest BCUT2D eigenvalue weighted by Gasteiger charge is 1.64. The molecule has 0 aromatic carbocycles. The fraction of sp³-hybridized carbons (Fsp3) is 0.500. The van der Waals surface area contributed by atoms with Gasteiger partial charge in [-0.2, -0.15) is 5.26 Å². The predicted octanol–water partition coefficient (Wildman–Crippen LogP) is 0.532. The van der Waals surface area contributed by atoms with Crippen LogP contribution < -0.4 is 0 Å². The van der Waals surface area contributed by atoms with Crippen LogP contribution in [0, 0.1) is 11.5 Å². The first-order chi connectivity index (χ1) is 3.41. The largest absolute Gasteiger partial charge is 0.483 e. The van der Waals surface area contributed by atoms with Crippen LogP contribution in [0.5, 0.6) is 0 Å². The zero-order chi connectivity index (χ0) is 5.54. The van der Waals surface area contributed by atoms with Crippen LogP contribution in [-0.2, 0) is 4.74 Å². The van der Waals surface area contributed by atoms with Gasteiger partial charge < -0.3 is 4.74 Å². The van der Waals surface area contributed by atoms with Gasteiger partial charge >= 0.3 is 0 Å². The van der Waals surface area contributed by atoms with E-state index >= 15 is 0 Å². The molecule has 3 heteroatoms. The highest BCUT2D eigenvalue weighted by atomic mass is 16.5. The minimum absolute atomic E-state index is 0.561. The molecule has 0 saturated heterocycles. The van der Waals surface area contributed by atoms with E-state index in [4.69, 9.17) is 5.26 Å². The van der Waals surface area contributed by atoms with E-state index in [0.29, 0.717) is 6.61 Å². The number of nitriles is 1. The van der Waals surface area contributed by atoms with Gasteiger partial charge in [-0.25, -0.2) is 0 Å². The minimum atomic E-state index is 0.561. The van der Waals surface area contributed by atoms with Gasteiger partial charge in [-0.3, -0.25) is 0 Å². The Labute approximate surface area is 42.2 Å². The summed E-state index contributed by atoms with van der Waals surface area (Å²) in [4.78, 5) is 3.12. The number of nitrogens with zero attached hydrogens (tertiary/aromatic N) is 2. The standard InChI is InChI=1S/C4H6N2O/c1-2-7-4-6-3-5/h4H,2H2,1H3/b6-4-. The molecule has 0 aliphatic heterocycles. The quantitative estimate of drug-likeness (QED) is 0.287. The summed E-state index contributed by atoms with van der Waals surface area (Å²) in [5.74, 6) is 0. The third kappa shape index (κ3) is 4.96. The monoisotopic (exact) mass is 98.0 g/mol. The van der Waals surface area contributed by atoms with E-state index in [0.717, 1.165) is 6.40 Å². The zero-order valence-corrected chi connectivity index (χ0v) is 4.09. The van der Waals surface area contributed by atoms with Gasteiger partial charge in [0.25, 0.3) is 0 Å². The summed E-state index contributed by atoms with van der Waals surface area (Å²) in [7, 11) is 0. The fourth-order valence-electron chi connectivity index (χ4n) is 0.135. The van der Waals surface area contributed by atoms with E-state index in [-0.39, 0.29) is 0 Å². The van der Waals surface area contributed by atoms with E-state index in [1.807, 2.05) is 6.92 Å². The van der Waals surface area contributed by atoms with Crippen molar-refractivity contribution < 1.29 is 4.74 Å². The van der Waals surface area contributed by atoms with Crippen molar-refractivity contribution in [3.05, 3.63) is 0 Å². The molecular weight excluding hydrogens is 92.1 g/mol. The average molecular weight is 98.1 g/mol. The molecule has 0 amide bonds. The zero-order valence-electron chi connectivity index (χ0n) is 4.09. The highest BCUT2D eigenvalue weighted by molar-refractivity contribution is 5.47. The molecule has 0 fully saturated rings. The Hall–Kier alpha value is -1.04. The molecular formula is C4H6N2O. The van der Waals surface area contributed by atoms with Crippen molar-refractivity contribution >= 4 is 6.40 Å². The molecule has 0 bridgehead atoms. The second-order valence-electron chi connectivity index (χ2n) is 0.790. The number of rotatable bonds is 2. The van der Waals surface area contributed by atoms with Crippen LogP contribution in [-0.4, -0.2) is 13.0 Å². The third-order valence-electron chi connectivity index (χ3n) is 0.352. The normalized spacial score (nSPS) is 8.57. The Balaban J connectivity index is 2.97. The molecule has 3 nitrogen and oxygen atoms in total. The summed E-state index contributed by atoms with van der Waals surface area (Å²) in [6.45, 7) is 2.38. The number of hydrogen-bond donors (Lipinski definition) is 0. The van der Waals surface area contributed by atoms with Gasteiger partial charge in [0.1, 0.15) is 0 Å². The molecule has 0 saturated carbocycles. The Morgan fingerprint density at radius 2 is 2.71 bits per heavy atom. The number of ether oxygens (including phenoxy) is 1. The van der Waals surface area contributed by atoms with Crippen molar-refractivity contribution in [1.82, 2.24) is 0 Å². The van der Waals surface area contributed by atoms with E-state index in [1.165, 1.54) is 0 Å². The lowest BCUT2D eigenvalue weighted by atomic mass is 10.9. The lowest BCUT2D eigenvalue weighted by Crippen LogP contribution is -1.82. The van der Waals surface area contributed by atoms with Crippen LogP contribution in [0.2, 0.25) is 0 Å². The van der Waals surface area contributed by atoms with Gasteiger partial charge in [-0.05, 0) is 6.92 Å². The molecule has 0 aliphatic carbocycles. The van der Waals surface area contributed by atoms with Gasteiger partial charge in [0.05, 0.1) is 6.61 Å². The van der Waals surface area contributed by atoms with Gasteiger partial charge in [0.2, 0.25) is 6.19 Å². The SMILES string of the molecule is CCO/C=N\C#N. The molecule has 0 rings (SSSR count). The van der Waals surface area contributed by atoms with E-state index < -0.39 is 0 Å². The molecule has 0 aromatic heterocycles. The van der Waals surface area contributed by atoms with Crippen molar-refractivity contribution in [3.8, 4) is 6.19 Å². The first-order valence-corrected chi connectivity index (χ1v) is 1.94. The van der Waals surface area contributed by atoms with E-state index in [1.54, 1.807) is 6.19 Å². The third-order valence-corrected chi connectivity index (χ3v) is 0.352. The maximum absolute atomic E-state index is 7.76. The maximum atomic E-state index is 7.76. The molecule has 0 aromatic rings. The van der Waals surface area contributed by atoms with Crippen LogP contribution in [0.4, 0.5) is 0 Å². The predicted molar refractivity (Wildman–Crippen MR) is 25.7 cm³/mol. The van der Waals surface area contributed by atoms with Crippen molar-refractivity contribution in [2.75, 3.05) is 6.61 Å². The lowest BCUT2D eigenvalue weighted by Gasteiger charge is -1.84. The second kappa shape index (κ2) is 4.96. The summed E-state index contributed by atoms with van der Waals surface area (Å²) >= 11 is 0. The fourth-order valence-corrected chi connectivity index (χ4v) is 0.135. The first-order valence-electron chi connectivity index (χ1n) is 1.94. The van der Waals surface area contributed by atoms with Crippen LogP contribution in [0.15, 0.2) is 4.99 Å². The topological polar surface area (TPSA) is 45.4 Å². The van der Waals surface area contributed by atoms with Crippen LogP contribution in [0.1, 0.15) is 6.92 Å². The Bertz CT molecular complexity index is 92.4. The smallest absolute Gasteiger partial charge is 0.208 e. The summed E-state index contributed by atoms with van der Waals surface area (Å²) in [6.07, 6.45) is 2.67. The van der Waals surface area contributed by atoms with Crippen LogP contribution >= 0.6 is 0 Å². The average Bonchev–Trinajstić information content (AvgIpc) is 1.69. The summed E-state index contributed by atoms with van der Waals surface area (Å²) in [5.41, 5.74) is 0. The van der Waals surface area contributed by atoms with Crippen LogP contribution in [0.3, 0.4) is 0 Å². The van der Waals surface area contributed by atoms with Crippen molar-refractivity contribution in [2.45, 2.75) is 6.92 Å². The molecule has 0 atom stereocenters. The molecule has 0 unspecified atom stereocenters. The Kier molecular flexibility index (Phi) is 4.22. The Morgan fingerprint density at radius 1 is 2.00 bits per heavy atom. The number of hydrogen-bond acceptors (Lipinski definition) is 3. The van der Waals surface area contributed by atoms with Gasteiger partial charge in [0, 0.05) is 0 Å². The summed E-state index contributed by atoms with van der Waals surface area (Å²) < 4.78 is 4.56. The molecule has 38 valence electrons. The van der Waals surface area contributed by atoms with Crippen molar-refractivity contribution in [3.63, 3.8) is 0 Å².